The minimum atomic E-state index is -0.140. The Morgan fingerprint density at radius 3 is 1.70 bits per heavy atom. The Hall–Kier alpha value is -6.49. The molecule has 0 N–H and O–H groups in total. The van der Waals surface area contributed by atoms with Gasteiger partial charge in [-0.2, -0.15) is 0 Å². The van der Waals surface area contributed by atoms with E-state index < -0.39 is 0 Å². The van der Waals surface area contributed by atoms with Gasteiger partial charge in [-0.25, -0.2) is 15.0 Å². The molecule has 0 aliphatic heterocycles. The maximum absolute atomic E-state index is 5.11. The third-order valence-corrected chi connectivity index (χ3v) is 12.0. The molecule has 2 aromatic heterocycles. The number of nitrogens with zero attached hydrogens (tertiary/aromatic N) is 3. The van der Waals surface area contributed by atoms with Crippen molar-refractivity contribution < 1.29 is 0 Å². The molecule has 0 spiro atoms. The molecule has 256 valence electrons. The summed E-state index contributed by atoms with van der Waals surface area (Å²) in [5.41, 5.74) is 7.50. The second-order valence-electron chi connectivity index (χ2n) is 14.5. The van der Waals surface area contributed by atoms with Gasteiger partial charge in [-0.15, -0.1) is 11.3 Å². The van der Waals surface area contributed by atoms with Gasteiger partial charge in [0.15, 0.2) is 17.5 Å². The maximum Gasteiger partial charge on any atom is 0.164 e. The molecule has 4 heteroatoms. The zero-order valence-electron chi connectivity index (χ0n) is 30.0. The van der Waals surface area contributed by atoms with Crippen LogP contribution in [0.3, 0.4) is 0 Å². The SMILES string of the molecule is CC(C)(c1ccccc1)c1ccc(-c2nc(-c3ccccc3)nc(-c3cccc(-c4ccc5ccc6ccc7c8ccccc8sc7c6c5c4)c3)n2)cc1. The monoisotopic (exact) mass is 709 g/mol. The quantitative estimate of drug-likeness (QED) is 0.161. The van der Waals surface area contributed by atoms with E-state index in [1.807, 2.05) is 29.5 Å². The van der Waals surface area contributed by atoms with Gasteiger partial charge in [0.25, 0.3) is 0 Å². The van der Waals surface area contributed by atoms with Crippen molar-refractivity contribution in [3.63, 3.8) is 0 Å². The molecule has 10 rings (SSSR count). The van der Waals surface area contributed by atoms with E-state index in [9.17, 15) is 0 Å². The van der Waals surface area contributed by atoms with Gasteiger partial charge in [0.1, 0.15) is 0 Å². The van der Waals surface area contributed by atoms with Crippen LogP contribution in [0.25, 0.3) is 87.0 Å². The Balaban J connectivity index is 1.08. The summed E-state index contributed by atoms with van der Waals surface area (Å²) >= 11 is 1.88. The Morgan fingerprint density at radius 2 is 0.926 bits per heavy atom. The Labute approximate surface area is 318 Å². The van der Waals surface area contributed by atoms with Crippen LogP contribution in [0.1, 0.15) is 25.0 Å². The van der Waals surface area contributed by atoms with E-state index in [2.05, 4.69) is 172 Å². The minimum absolute atomic E-state index is 0.140. The Morgan fingerprint density at radius 1 is 0.389 bits per heavy atom. The second kappa shape index (κ2) is 12.9. The van der Waals surface area contributed by atoms with Crippen LogP contribution >= 0.6 is 11.3 Å². The number of rotatable bonds is 6. The highest BCUT2D eigenvalue weighted by atomic mass is 32.1. The fourth-order valence-electron chi connectivity index (χ4n) is 7.74. The average Bonchev–Trinajstić information content (AvgIpc) is 3.63. The van der Waals surface area contributed by atoms with Crippen molar-refractivity contribution in [2.75, 3.05) is 0 Å². The topological polar surface area (TPSA) is 38.7 Å². The molecule has 10 aromatic rings. The average molecular weight is 710 g/mol. The van der Waals surface area contributed by atoms with Crippen molar-refractivity contribution in [3.8, 4) is 45.3 Å². The van der Waals surface area contributed by atoms with Crippen molar-refractivity contribution in [2.45, 2.75) is 19.3 Å². The van der Waals surface area contributed by atoms with Crippen LogP contribution in [-0.4, -0.2) is 15.0 Å². The molecule has 0 saturated heterocycles. The zero-order valence-corrected chi connectivity index (χ0v) is 30.8. The third kappa shape index (κ3) is 5.55. The number of aromatic nitrogens is 3. The summed E-state index contributed by atoms with van der Waals surface area (Å²) in [6.45, 7) is 4.53. The maximum atomic E-state index is 5.11. The summed E-state index contributed by atoms with van der Waals surface area (Å²) in [5, 5.41) is 7.71. The second-order valence-corrected chi connectivity index (χ2v) is 15.5. The Bertz CT molecular complexity index is 3000. The van der Waals surface area contributed by atoms with Crippen LogP contribution in [0.2, 0.25) is 0 Å². The largest absolute Gasteiger partial charge is 0.208 e. The van der Waals surface area contributed by atoms with Crippen molar-refractivity contribution in [1.82, 2.24) is 15.0 Å². The van der Waals surface area contributed by atoms with Crippen LogP contribution in [0, 0.1) is 0 Å². The van der Waals surface area contributed by atoms with Gasteiger partial charge in [-0.1, -0.05) is 172 Å². The molecule has 0 bridgehead atoms. The summed E-state index contributed by atoms with van der Waals surface area (Å²) in [5.74, 6) is 1.95. The normalized spacial score (nSPS) is 11.9. The molecule has 8 aromatic carbocycles. The van der Waals surface area contributed by atoms with Gasteiger partial charge in [-0.05, 0) is 56.6 Å². The van der Waals surface area contributed by atoms with E-state index in [1.165, 1.54) is 52.8 Å². The van der Waals surface area contributed by atoms with E-state index in [-0.39, 0.29) is 5.41 Å². The molecule has 0 fully saturated rings. The van der Waals surface area contributed by atoms with E-state index >= 15 is 0 Å². The molecule has 0 aliphatic rings. The highest BCUT2D eigenvalue weighted by molar-refractivity contribution is 7.26. The van der Waals surface area contributed by atoms with Gasteiger partial charge in [0.05, 0.1) is 0 Å². The van der Waals surface area contributed by atoms with Crippen LogP contribution < -0.4 is 0 Å². The van der Waals surface area contributed by atoms with Crippen molar-refractivity contribution in [2.24, 2.45) is 0 Å². The van der Waals surface area contributed by atoms with E-state index in [4.69, 9.17) is 15.0 Å². The lowest BCUT2D eigenvalue weighted by Crippen LogP contribution is -2.18. The van der Waals surface area contributed by atoms with Crippen LogP contribution in [0.4, 0.5) is 0 Å². The number of benzene rings is 8. The van der Waals surface area contributed by atoms with Crippen molar-refractivity contribution in [3.05, 3.63) is 187 Å². The lowest BCUT2D eigenvalue weighted by Gasteiger charge is -2.26. The van der Waals surface area contributed by atoms with Gasteiger partial charge in [-0.3, -0.25) is 0 Å². The standard InChI is InChI=1S/C50H35N3S/c1-50(2,39-16-7-4-8-17-39)40-27-24-35(25-28-40)48-51-47(34-12-5-3-6-13-34)52-49(53-48)38-15-11-14-36(30-38)37-23-21-32-20-22-33-26-29-42-41-18-9-10-19-44(41)54-46(42)45(33)43(32)31-37/h3-31H,1-2H3. The zero-order chi connectivity index (χ0) is 36.2. The first-order valence-corrected chi connectivity index (χ1v) is 19.2. The molecule has 0 atom stereocenters. The highest BCUT2D eigenvalue weighted by Gasteiger charge is 2.23. The molecular formula is C50H35N3S. The number of thiophene rings is 1. The molecule has 2 heterocycles. The third-order valence-electron chi connectivity index (χ3n) is 10.8. The van der Waals surface area contributed by atoms with Gasteiger partial charge in [0, 0.05) is 47.7 Å². The summed E-state index contributed by atoms with van der Waals surface area (Å²) in [6, 6.07) is 62.7. The van der Waals surface area contributed by atoms with Crippen LogP contribution in [-0.2, 0) is 5.41 Å². The van der Waals surface area contributed by atoms with E-state index in [1.54, 1.807) is 0 Å². The van der Waals surface area contributed by atoms with E-state index in [0.717, 1.165) is 27.8 Å². The van der Waals surface area contributed by atoms with Gasteiger partial charge >= 0.3 is 0 Å². The fraction of sp³-hybridized carbons (Fsp3) is 0.0600. The fourth-order valence-corrected chi connectivity index (χ4v) is 9.02. The lowest BCUT2D eigenvalue weighted by atomic mass is 9.78. The van der Waals surface area contributed by atoms with E-state index in [0.29, 0.717) is 17.5 Å². The summed E-state index contributed by atoms with van der Waals surface area (Å²) in [6.07, 6.45) is 0. The predicted octanol–water partition coefficient (Wildman–Crippen LogP) is 13.5. The molecular weight excluding hydrogens is 675 g/mol. The summed E-state index contributed by atoms with van der Waals surface area (Å²) in [4.78, 5) is 15.2. The van der Waals surface area contributed by atoms with Crippen LogP contribution in [0.5, 0.6) is 0 Å². The van der Waals surface area contributed by atoms with Crippen molar-refractivity contribution >= 4 is 53.1 Å². The Kier molecular flexibility index (Phi) is 7.67. The summed E-state index contributed by atoms with van der Waals surface area (Å²) in [7, 11) is 0. The molecule has 0 radical (unpaired) electrons. The molecule has 3 nitrogen and oxygen atoms in total. The first-order chi connectivity index (χ1) is 26.5. The highest BCUT2D eigenvalue weighted by Crippen LogP contribution is 2.42. The number of hydrogen-bond acceptors (Lipinski definition) is 4. The first-order valence-electron chi connectivity index (χ1n) is 18.4. The van der Waals surface area contributed by atoms with Gasteiger partial charge in [0.2, 0.25) is 0 Å². The number of fused-ring (bicyclic) bond motifs is 7. The number of hydrogen-bond donors (Lipinski definition) is 0. The van der Waals surface area contributed by atoms with Crippen molar-refractivity contribution in [1.29, 1.82) is 0 Å². The first kappa shape index (κ1) is 32.2. The van der Waals surface area contributed by atoms with Crippen LogP contribution in [0.15, 0.2) is 176 Å². The smallest absolute Gasteiger partial charge is 0.164 e. The molecule has 0 saturated carbocycles. The summed E-state index contributed by atoms with van der Waals surface area (Å²) < 4.78 is 2.66. The molecule has 0 unspecified atom stereocenters. The predicted molar refractivity (Wildman–Crippen MR) is 228 cm³/mol. The molecule has 0 aliphatic carbocycles. The molecule has 54 heavy (non-hydrogen) atoms. The molecule has 0 amide bonds. The lowest BCUT2D eigenvalue weighted by molar-refractivity contribution is 0.641. The van der Waals surface area contributed by atoms with Gasteiger partial charge < -0.3 is 0 Å². The minimum Gasteiger partial charge on any atom is -0.208 e.